The predicted octanol–water partition coefficient (Wildman–Crippen LogP) is 4.42. The summed E-state index contributed by atoms with van der Waals surface area (Å²) >= 11 is 5.94. The first-order chi connectivity index (χ1) is 9.51. The van der Waals surface area contributed by atoms with E-state index < -0.39 is 0 Å². The van der Waals surface area contributed by atoms with Crippen LogP contribution in [0.25, 0.3) is 0 Å². The molecule has 104 valence electrons. The largest absolute Gasteiger partial charge is 0.503 e. The molecule has 2 aromatic carbocycles. The van der Waals surface area contributed by atoms with Gasteiger partial charge in [0.25, 0.3) is 0 Å². The van der Waals surface area contributed by atoms with Crippen molar-refractivity contribution in [1.82, 2.24) is 0 Å². The molecular weight excluding hydrogens is 274 g/mol. The van der Waals surface area contributed by atoms with Crippen LogP contribution in [0.3, 0.4) is 0 Å². The number of aliphatic imine (C=N–C) groups is 1. The average molecular weight is 290 g/mol. The van der Waals surface area contributed by atoms with Gasteiger partial charge in [-0.2, -0.15) is 0 Å². The molecule has 20 heavy (non-hydrogen) atoms. The maximum Gasteiger partial charge on any atom is 0.176 e. The second kappa shape index (κ2) is 5.97. The molecule has 3 nitrogen and oxygen atoms in total. The van der Waals surface area contributed by atoms with Crippen LogP contribution in [0.15, 0.2) is 35.3 Å². The van der Waals surface area contributed by atoms with Gasteiger partial charge in [0.1, 0.15) is 0 Å². The summed E-state index contributed by atoms with van der Waals surface area (Å²) in [7, 11) is 1.48. The highest BCUT2D eigenvalue weighted by Gasteiger charge is 2.07. The lowest BCUT2D eigenvalue weighted by atomic mass is 10.1. The van der Waals surface area contributed by atoms with Crippen molar-refractivity contribution in [2.45, 2.75) is 13.8 Å². The fraction of sp³-hybridized carbons (Fsp3) is 0.188. The predicted molar refractivity (Wildman–Crippen MR) is 82.8 cm³/mol. The molecule has 0 bridgehead atoms. The first-order valence-corrected chi connectivity index (χ1v) is 6.57. The molecular formula is C16H16ClNO2. The van der Waals surface area contributed by atoms with E-state index in [1.54, 1.807) is 18.3 Å². The van der Waals surface area contributed by atoms with E-state index in [0.29, 0.717) is 5.75 Å². The van der Waals surface area contributed by atoms with Gasteiger partial charge in [-0.25, -0.2) is 0 Å². The van der Waals surface area contributed by atoms with Crippen molar-refractivity contribution >= 4 is 23.5 Å². The second-order valence-electron chi connectivity index (χ2n) is 4.60. The summed E-state index contributed by atoms with van der Waals surface area (Å²) in [5.74, 6) is 0.275. The third-order valence-electron chi connectivity index (χ3n) is 2.98. The summed E-state index contributed by atoms with van der Waals surface area (Å²) in [4.78, 5) is 4.44. The highest BCUT2D eigenvalue weighted by Crippen LogP contribution is 2.34. The maximum absolute atomic E-state index is 9.68. The monoisotopic (exact) mass is 289 g/mol. The summed E-state index contributed by atoms with van der Waals surface area (Å²) in [5.41, 5.74) is 3.98. The fourth-order valence-corrected chi connectivity index (χ4v) is 2.14. The van der Waals surface area contributed by atoms with E-state index in [1.165, 1.54) is 12.7 Å². The third-order valence-corrected chi connectivity index (χ3v) is 3.26. The minimum Gasteiger partial charge on any atom is -0.503 e. The Morgan fingerprint density at radius 1 is 1.20 bits per heavy atom. The van der Waals surface area contributed by atoms with E-state index >= 15 is 0 Å². The molecule has 0 heterocycles. The number of hydrogen-bond donors (Lipinski definition) is 1. The van der Waals surface area contributed by atoms with Crippen LogP contribution in [0.4, 0.5) is 5.69 Å². The molecule has 4 heteroatoms. The van der Waals surface area contributed by atoms with Crippen LogP contribution in [-0.2, 0) is 0 Å². The fourth-order valence-electron chi connectivity index (χ4n) is 1.92. The van der Waals surface area contributed by atoms with Crippen molar-refractivity contribution < 1.29 is 9.84 Å². The summed E-state index contributed by atoms with van der Waals surface area (Å²) in [6.45, 7) is 4.06. The smallest absolute Gasteiger partial charge is 0.176 e. The quantitative estimate of drug-likeness (QED) is 0.850. The lowest BCUT2D eigenvalue weighted by molar-refractivity contribution is 0.373. The van der Waals surface area contributed by atoms with Crippen molar-refractivity contribution in [3.05, 3.63) is 52.0 Å². The Bertz CT molecular complexity index is 666. The Morgan fingerprint density at radius 3 is 2.60 bits per heavy atom. The van der Waals surface area contributed by atoms with E-state index in [2.05, 4.69) is 11.1 Å². The zero-order chi connectivity index (χ0) is 14.7. The molecule has 0 aromatic heterocycles. The van der Waals surface area contributed by atoms with Gasteiger partial charge in [0.05, 0.1) is 17.8 Å². The summed E-state index contributed by atoms with van der Waals surface area (Å²) in [6.07, 6.45) is 1.70. The molecule has 0 radical (unpaired) electrons. The zero-order valence-corrected chi connectivity index (χ0v) is 12.4. The molecule has 0 amide bonds. The molecule has 2 aromatic rings. The molecule has 0 spiro atoms. The van der Waals surface area contributed by atoms with Gasteiger partial charge in [-0.05, 0) is 43.2 Å². The van der Waals surface area contributed by atoms with Gasteiger partial charge in [-0.3, -0.25) is 4.99 Å². The van der Waals surface area contributed by atoms with E-state index in [4.69, 9.17) is 16.3 Å². The molecule has 0 aliphatic carbocycles. The number of aryl methyl sites for hydroxylation is 2. The number of nitrogens with zero attached hydrogens (tertiary/aromatic N) is 1. The summed E-state index contributed by atoms with van der Waals surface area (Å²) in [5, 5.41) is 9.92. The number of benzene rings is 2. The Kier molecular flexibility index (Phi) is 4.30. The highest BCUT2D eigenvalue weighted by atomic mass is 35.5. The molecule has 0 saturated carbocycles. The molecule has 1 N–H and O–H groups in total. The summed E-state index contributed by atoms with van der Waals surface area (Å²) < 4.78 is 5.06. The SMILES string of the molecule is COc1cc(C=Nc2ccc(C)cc2C)cc(Cl)c1O. The van der Waals surface area contributed by atoms with Crippen LogP contribution >= 0.6 is 11.6 Å². The van der Waals surface area contributed by atoms with Gasteiger partial charge in [0.15, 0.2) is 11.5 Å². The van der Waals surface area contributed by atoms with Gasteiger partial charge in [-0.1, -0.05) is 29.3 Å². The lowest BCUT2D eigenvalue weighted by Crippen LogP contribution is -1.88. The van der Waals surface area contributed by atoms with Crippen LogP contribution in [0.1, 0.15) is 16.7 Å². The first-order valence-electron chi connectivity index (χ1n) is 6.19. The standard InChI is InChI=1S/C16H16ClNO2/c1-10-4-5-14(11(2)6-10)18-9-12-7-13(17)16(19)15(8-12)20-3/h4-9,19H,1-3H3. The van der Waals surface area contributed by atoms with E-state index in [9.17, 15) is 5.11 Å². The molecule has 0 unspecified atom stereocenters. The van der Waals surface area contributed by atoms with Crippen LogP contribution in [0.2, 0.25) is 5.02 Å². The minimum absolute atomic E-state index is 0.0576. The van der Waals surface area contributed by atoms with E-state index in [1.807, 2.05) is 26.0 Å². The molecule has 2 rings (SSSR count). The topological polar surface area (TPSA) is 41.8 Å². The molecule has 0 aliphatic heterocycles. The minimum atomic E-state index is -0.0576. The van der Waals surface area contributed by atoms with Gasteiger partial charge < -0.3 is 9.84 Å². The first kappa shape index (κ1) is 14.4. The normalized spacial score (nSPS) is 11.0. The van der Waals surface area contributed by atoms with Crippen LogP contribution in [-0.4, -0.2) is 18.4 Å². The number of phenolic OH excluding ortho intramolecular Hbond substituents is 1. The number of ether oxygens (including phenoxy) is 1. The Balaban J connectivity index is 2.34. The Hall–Kier alpha value is -2.00. The van der Waals surface area contributed by atoms with Crippen molar-refractivity contribution in [2.24, 2.45) is 4.99 Å². The third kappa shape index (κ3) is 3.11. The molecule has 0 atom stereocenters. The average Bonchev–Trinajstić information content (AvgIpc) is 2.41. The number of halogens is 1. The molecule has 0 aliphatic rings. The van der Waals surface area contributed by atoms with Crippen molar-refractivity contribution in [1.29, 1.82) is 0 Å². The van der Waals surface area contributed by atoms with E-state index in [-0.39, 0.29) is 10.8 Å². The molecule has 0 fully saturated rings. The van der Waals surface area contributed by atoms with Crippen LogP contribution in [0.5, 0.6) is 11.5 Å². The van der Waals surface area contributed by atoms with Crippen LogP contribution < -0.4 is 4.74 Å². The molecule has 0 saturated heterocycles. The van der Waals surface area contributed by atoms with Crippen LogP contribution in [0, 0.1) is 13.8 Å². The van der Waals surface area contributed by atoms with Gasteiger partial charge in [0.2, 0.25) is 0 Å². The number of methoxy groups -OCH3 is 1. The number of phenols is 1. The van der Waals surface area contributed by atoms with E-state index in [0.717, 1.165) is 16.8 Å². The van der Waals surface area contributed by atoms with Crippen molar-refractivity contribution in [3.8, 4) is 11.5 Å². The summed E-state index contributed by atoms with van der Waals surface area (Å²) in [6, 6.07) is 9.40. The zero-order valence-electron chi connectivity index (χ0n) is 11.6. The van der Waals surface area contributed by atoms with Gasteiger partial charge in [-0.15, -0.1) is 0 Å². The van der Waals surface area contributed by atoms with Gasteiger partial charge >= 0.3 is 0 Å². The van der Waals surface area contributed by atoms with Gasteiger partial charge in [0, 0.05) is 6.21 Å². The number of hydrogen-bond acceptors (Lipinski definition) is 3. The number of rotatable bonds is 3. The van der Waals surface area contributed by atoms with Crippen molar-refractivity contribution in [3.63, 3.8) is 0 Å². The maximum atomic E-state index is 9.68. The van der Waals surface area contributed by atoms with Crippen molar-refractivity contribution in [2.75, 3.05) is 7.11 Å². The number of aromatic hydroxyl groups is 1. The lowest BCUT2D eigenvalue weighted by Gasteiger charge is -2.06. The Morgan fingerprint density at radius 2 is 1.95 bits per heavy atom. The Labute approximate surface area is 123 Å². The highest BCUT2D eigenvalue weighted by molar-refractivity contribution is 6.32. The second-order valence-corrected chi connectivity index (χ2v) is 5.01.